The number of H-pyrrole nitrogens is 1. The number of urea groups is 1. The molecule has 182 valence electrons. The number of thiophene rings is 1. The Bertz CT molecular complexity index is 1430. The van der Waals surface area contributed by atoms with Gasteiger partial charge in [-0.15, -0.1) is 11.3 Å². The topological polar surface area (TPSA) is 119 Å². The molecule has 0 unspecified atom stereocenters. The van der Waals surface area contributed by atoms with E-state index in [9.17, 15) is 14.4 Å². The third kappa shape index (κ3) is 4.94. The van der Waals surface area contributed by atoms with Crippen molar-refractivity contribution in [2.24, 2.45) is 0 Å². The van der Waals surface area contributed by atoms with E-state index >= 15 is 0 Å². The summed E-state index contributed by atoms with van der Waals surface area (Å²) in [6.45, 7) is 2.61. The number of nitrogens with one attached hydrogen (secondary N) is 3. The van der Waals surface area contributed by atoms with Crippen LogP contribution >= 0.6 is 27.3 Å². The van der Waals surface area contributed by atoms with Crippen LogP contribution in [0.3, 0.4) is 0 Å². The summed E-state index contributed by atoms with van der Waals surface area (Å²) < 4.78 is 19.2. The molecule has 9 nitrogen and oxygen atoms in total. The summed E-state index contributed by atoms with van der Waals surface area (Å²) in [7, 11) is 0. The number of morpholine rings is 1. The Balaban J connectivity index is 1.42. The molecule has 1 aliphatic heterocycles. The number of carbonyl (C=O) groups excluding carboxylic acids is 1. The number of ether oxygens (including phenoxy) is 1. The first-order valence-electron chi connectivity index (χ1n) is 10.9. The van der Waals surface area contributed by atoms with Gasteiger partial charge in [0.05, 0.1) is 29.3 Å². The molecule has 4 aromatic rings. The zero-order valence-electron chi connectivity index (χ0n) is 18.7. The standard InChI is InChI=1S/C24H19BrFN7O2S/c25-18-11-15(26)3-6-19(18)31-24(34)30-16-4-1-14(2-5-16)20-17(12-27)23(33-7-9-35-10-8-33)36-21(20)22-28-13-29-32-22/h1-6,11,13H,7-10H2,(H,28,29,32)(H2,30,31,34). The van der Waals surface area contributed by atoms with Gasteiger partial charge >= 0.3 is 6.03 Å². The van der Waals surface area contributed by atoms with Crippen molar-refractivity contribution in [3.05, 3.63) is 64.6 Å². The Labute approximate surface area is 218 Å². The van der Waals surface area contributed by atoms with Crippen LogP contribution in [0.25, 0.3) is 21.8 Å². The molecular formula is C24H19BrFN7O2S. The highest BCUT2D eigenvalue weighted by Gasteiger charge is 2.26. The van der Waals surface area contributed by atoms with Crippen LogP contribution in [-0.2, 0) is 4.74 Å². The monoisotopic (exact) mass is 567 g/mol. The zero-order chi connectivity index (χ0) is 25.1. The first-order chi connectivity index (χ1) is 17.5. The van der Waals surface area contributed by atoms with Crippen LogP contribution in [0.1, 0.15) is 5.56 Å². The molecule has 2 aromatic heterocycles. The number of aromatic amines is 1. The number of carbonyl (C=O) groups is 1. The smallest absolute Gasteiger partial charge is 0.323 e. The Morgan fingerprint density at radius 1 is 1.19 bits per heavy atom. The van der Waals surface area contributed by atoms with E-state index < -0.39 is 11.8 Å². The summed E-state index contributed by atoms with van der Waals surface area (Å²) in [4.78, 5) is 19.7. The molecule has 1 fully saturated rings. The Morgan fingerprint density at radius 3 is 2.64 bits per heavy atom. The predicted molar refractivity (Wildman–Crippen MR) is 140 cm³/mol. The van der Waals surface area contributed by atoms with Gasteiger partial charge in [-0.1, -0.05) is 12.1 Å². The van der Waals surface area contributed by atoms with Gasteiger partial charge in [-0.25, -0.2) is 14.2 Å². The molecule has 1 aliphatic rings. The number of halogens is 2. The minimum absolute atomic E-state index is 0.407. The first-order valence-corrected chi connectivity index (χ1v) is 12.5. The van der Waals surface area contributed by atoms with Gasteiger partial charge in [0.2, 0.25) is 0 Å². The SMILES string of the molecule is N#Cc1c(N2CCOCC2)sc(-c2ncn[nH]2)c1-c1ccc(NC(=O)Nc2ccc(F)cc2Br)cc1. The van der Waals surface area contributed by atoms with Gasteiger partial charge in [-0.2, -0.15) is 10.4 Å². The summed E-state index contributed by atoms with van der Waals surface area (Å²) in [6, 6.07) is 13.1. The number of benzene rings is 2. The van der Waals surface area contributed by atoms with Crippen molar-refractivity contribution >= 4 is 49.7 Å². The summed E-state index contributed by atoms with van der Waals surface area (Å²) in [6.07, 6.45) is 1.43. The molecule has 1 saturated heterocycles. The van der Waals surface area contributed by atoms with E-state index in [4.69, 9.17) is 4.74 Å². The second kappa shape index (κ2) is 10.4. The van der Waals surface area contributed by atoms with E-state index in [0.717, 1.165) is 21.0 Å². The predicted octanol–water partition coefficient (Wildman–Crippen LogP) is 5.45. The number of nitrogens with zero attached hydrogens (tertiary/aromatic N) is 4. The van der Waals surface area contributed by atoms with Crippen LogP contribution in [0, 0.1) is 17.1 Å². The Morgan fingerprint density at radius 2 is 1.97 bits per heavy atom. The van der Waals surface area contributed by atoms with Crippen molar-refractivity contribution < 1.29 is 13.9 Å². The van der Waals surface area contributed by atoms with Crippen molar-refractivity contribution in [2.75, 3.05) is 41.8 Å². The normalized spacial score (nSPS) is 13.3. The minimum Gasteiger partial charge on any atom is -0.378 e. The number of hydrogen-bond acceptors (Lipinski definition) is 7. The maximum absolute atomic E-state index is 13.3. The molecule has 0 spiro atoms. The molecule has 0 saturated carbocycles. The van der Waals surface area contributed by atoms with Crippen molar-refractivity contribution in [1.29, 1.82) is 5.26 Å². The summed E-state index contributed by atoms with van der Waals surface area (Å²) in [5.74, 6) is 0.174. The fourth-order valence-electron chi connectivity index (χ4n) is 3.86. The molecular weight excluding hydrogens is 549 g/mol. The number of aromatic nitrogens is 3. The third-order valence-corrected chi connectivity index (χ3v) is 7.45. The molecule has 2 amide bonds. The Hall–Kier alpha value is -3.79. The maximum atomic E-state index is 13.3. The van der Waals surface area contributed by atoms with Gasteiger partial charge in [0, 0.05) is 28.8 Å². The van der Waals surface area contributed by atoms with Gasteiger partial charge in [-0.05, 0) is 51.8 Å². The van der Waals surface area contributed by atoms with Crippen LogP contribution in [0.4, 0.5) is 25.6 Å². The number of amides is 2. The van der Waals surface area contributed by atoms with E-state index in [1.807, 2.05) is 12.1 Å². The first kappa shape index (κ1) is 23.9. The molecule has 0 atom stereocenters. The van der Waals surface area contributed by atoms with Crippen LogP contribution in [0.5, 0.6) is 0 Å². The zero-order valence-corrected chi connectivity index (χ0v) is 21.1. The minimum atomic E-state index is -0.472. The molecule has 2 aromatic carbocycles. The van der Waals surface area contributed by atoms with Gasteiger partial charge in [0.1, 0.15) is 23.2 Å². The molecule has 3 N–H and O–H groups in total. The fraction of sp³-hybridized carbons (Fsp3) is 0.167. The van der Waals surface area contributed by atoms with Crippen molar-refractivity contribution in [3.63, 3.8) is 0 Å². The largest absolute Gasteiger partial charge is 0.378 e. The van der Waals surface area contributed by atoms with Crippen molar-refractivity contribution in [3.8, 4) is 27.9 Å². The molecule has 5 rings (SSSR count). The second-order valence-corrected chi connectivity index (χ2v) is 9.67. The molecule has 12 heteroatoms. The number of rotatable bonds is 5. The van der Waals surface area contributed by atoms with Gasteiger partial charge in [0.25, 0.3) is 0 Å². The molecule has 0 aliphatic carbocycles. The lowest BCUT2D eigenvalue weighted by Crippen LogP contribution is -2.36. The molecule has 36 heavy (non-hydrogen) atoms. The average Bonchev–Trinajstić information content (AvgIpc) is 3.55. The van der Waals surface area contributed by atoms with Gasteiger partial charge in [-0.3, -0.25) is 5.10 Å². The van der Waals surface area contributed by atoms with Crippen molar-refractivity contribution in [1.82, 2.24) is 15.2 Å². The fourth-order valence-corrected chi connectivity index (χ4v) is 5.59. The maximum Gasteiger partial charge on any atom is 0.323 e. The van der Waals surface area contributed by atoms with E-state index in [2.05, 4.69) is 52.7 Å². The highest BCUT2D eigenvalue weighted by Crippen LogP contribution is 2.46. The number of anilines is 3. The van der Waals surface area contributed by atoms with E-state index in [0.29, 0.717) is 53.5 Å². The third-order valence-electron chi connectivity index (χ3n) is 5.54. The van der Waals surface area contributed by atoms with E-state index in [-0.39, 0.29) is 0 Å². The van der Waals surface area contributed by atoms with Crippen molar-refractivity contribution in [2.45, 2.75) is 0 Å². The number of hydrogen-bond donors (Lipinski definition) is 3. The van der Waals surface area contributed by atoms with Crippen LogP contribution in [-0.4, -0.2) is 47.5 Å². The van der Waals surface area contributed by atoms with Crippen LogP contribution < -0.4 is 15.5 Å². The second-order valence-electron chi connectivity index (χ2n) is 7.81. The molecule has 0 bridgehead atoms. The lowest BCUT2D eigenvalue weighted by Gasteiger charge is -2.27. The quantitative estimate of drug-likeness (QED) is 0.295. The molecule has 3 heterocycles. The van der Waals surface area contributed by atoms with E-state index in [1.165, 1.54) is 35.9 Å². The van der Waals surface area contributed by atoms with Gasteiger partial charge < -0.3 is 20.3 Å². The summed E-state index contributed by atoms with van der Waals surface area (Å²) in [5.41, 5.74) is 3.12. The average molecular weight is 568 g/mol. The van der Waals surface area contributed by atoms with E-state index in [1.54, 1.807) is 12.1 Å². The Kier molecular flexibility index (Phi) is 6.95. The van der Waals surface area contributed by atoms with Crippen LogP contribution in [0.15, 0.2) is 53.3 Å². The molecule has 0 radical (unpaired) electrons. The highest BCUT2D eigenvalue weighted by atomic mass is 79.9. The number of nitriles is 1. The van der Waals surface area contributed by atoms with Crippen LogP contribution in [0.2, 0.25) is 0 Å². The van der Waals surface area contributed by atoms with Gasteiger partial charge in [0.15, 0.2) is 5.82 Å². The summed E-state index contributed by atoms with van der Waals surface area (Å²) in [5, 5.41) is 23.3. The summed E-state index contributed by atoms with van der Waals surface area (Å²) >= 11 is 4.72. The highest BCUT2D eigenvalue weighted by molar-refractivity contribution is 9.10. The lowest BCUT2D eigenvalue weighted by molar-refractivity contribution is 0.123. The lowest BCUT2D eigenvalue weighted by atomic mass is 10.0.